The van der Waals surface area contributed by atoms with Crippen LogP contribution in [0.2, 0.25) is 0 Å². The number of halogens is 1. The first kappa shape index (κ1) is 12.7. The standard InChI is InChI=1S/C16H14FNO2/c17-13-5-6-14(16(19)20)12(9-13)10-18-8-7-11-3-1-2-4-15(11)18/h1-6,9H,7-8,10H2,(H,19,20). The van der Waals surface area contributed by atoms with E-state index in [4.69, 9.17) is 0 Å². The highest BCUT2D eigenvalue weighted by atomic mass is 19.1. The van der Waals surface area contributed by atoms with Crippen LogP contribution in [0.5, 0.6) is 0 Å². The summed E-state index contributed by atoms with van der Waals surface area (Å²) in [6, 6.07) is 11.9. The maximum atomic E-state index is 13.4. The summed E-state index contributed by atoms with van der Waals surface area (Å²) in [7, 11) is 0. The highest BCUT2D eigenvalue weighted by Crippen LogP contribution is 2.29. The Kier molecular flexibility index (Phi) is 3.14. The number of hydrogen-bond acceptors (Lipinski definition) is 2. The Bertz CT molecular complexity index is 669. The summed E-state index contributed by atoms with van der Waals surface area (Å²) in [5, 5.41) is 9.18. The van der Waals surface area contributed by atoms with Crippen LogP contribution in [0.15, 0.2) is 42.5 Å². The summed E-state index contributed by atoms with van der Waals surface area (Å²) in [4.78, 5) is 13.3. The fourth-order valence-electron chi connectivity index (χ4n) is 2.68. The van der Waals surface area contributed by atoms with Gasteiger partial charge in [0.1, 0.15) is 5.82 Å². The number of para-hydroxylation sites is 1. The normalized spacial score (nSPS) is 13.3. The summed E-state index contributed by atoms with van der Waals surface area (Å²) in [6.45, 7) is 1.24. The van der Waals surface area contributed by atoms with Crippen molar-refractivity contribution in [3.63, 3.8) is 0 Å². The molecule has 0 aliphatic carbocycles. The van der Waals surface area contributed by atoms with Gasteiger partial charge in [0.25, 0.3) is 0 Å². The van der Waals surface area contributed by atoms with E-state index < -0.39 is 11.8 Å². The summed E-state index contributed by atoms with van der Waals surface area (Å²) >= 11 is 0. The number of hydrogen-bond donors (Lipinski definition) is 1. The second-order valence-corrected chi connectivity index (χ2v) is 4.91. The van der Waals surface area contributed by atoms with E-state index in [1.165, 1.54) is 23.8 Å². The average molecular weight is 271 g/mol. The monoisotopic (exact) mass is 271 g/mol. The van der Waals surface area contributed by atoms with Crippen molar-refractivity contribution in [2.24, 2.45) is 0 Å². The van der Waals surface area contributed by atoms with Crippen molar-refractivity contribution >= 4 is 11.7 Å². The first-order valence-corrected chi connectivity index (χ1v) is 6.50. The van der Waals surface area contributed by atoms with E-state index in [9.17, 15) is 14.3 Å². The Morgan fingerprint density at radius 1 is 1.25 bits per heavy atom. The molecule has 1 aliphatic heterocycles. The van der Waals surface area contributed by atoms with Crippen molar-refractivity contribution in [3.05, 3.63) is 65.0 Å². The lowest BCUT2D eigenvalue weighted by atomic mass is 10.1. The molecule has 3 rings (SSSR count). The number of aromatic carboxylic acids is 1. The van der Waals surface area contributed by atoms with Gasteiger partial charge >= 0.3 is 5.97 Å². The molecular formula is C16H14FNO2. The highest BCUT2D eigenvalue weighted by Gasteiger charge is 2.20. The van der Waals surface area contributed by atoms with Crippen LogP contribution in [0.1, 0.15) is 21.5 Å². The van der Waals surface area contributed by atoms with Gasteiger partial charge in [0.05, 0.1) is 5.56 Å². The third-order valence-electron chi connectivity index (χ3n) is 3.64. The third kappa shape index (κ3) is 2.25. The quantitative estimate of drug-likeness (QED) is 0.932. The second kappa shape index (κ2) is 4.96. The van der Waals surface area contributed by atoms with E-state index in [0.717, 1.165) is 18.7 Å². The van der Waals surface area contributed by atoms with E-state index in [-0.39, 0.29) is 5.56 Å². The Morgan fingerprint density at radius 2 is 2.05 bits per heavy atom. The molecule has 3 nitrogen and oxygen atoms in total. The maximum Gasteiger partial charge on any atom is 0.336 e. The zero-order valence-corrected chi connectivity index (χ0v) is 10.8. The largest absolute Gasteiger partial charge is 0.478 e. The molecular weight excluding hydrogens is 257 g/mol. The lowest BCUT2D eigenvalue weighted by Crippen LogP contribution is -2.21. The molecule has 0 spiro atoms. The molecule has 0 bridgehead atoms. The lowest BCUT2D eigenvalue weighted by molar-refractivity contribution is 0.0695. The van der Waals surface area contributed by atoms with Gasteiger partial charge in [0.2, 0.25) is 0 Å². The molecule has 0 amide bonds. The number of carbonyl (C=O) groups is 1. The molecule has 0 aromatic heterocycles. The van der Waals surface area contributed by atoms with Crippen LogP contribution in [0, 0.1) is 5.82 Å². The van der Waals surface area contributed by atoms with Crippen LogP contribution in [-0.2, 0) is 13.0 Å². The molecule has 1 N–H and O–H groups in total. The van der Waals surface area contributed by atoms with E-state index in [0.29, 0.717) is 12.1 Å². The van der Waals surface area contributed by atoms with Crippen LogP contribution in [-0.4, -0.2) is 17.6 Å². The molecule has 0 fully saturated rings. The van der Waals surface area contributed by atoms with E-state index >= 15 is 0 Å². The third-order valence-corrected chi connectivity index (χ3v) is 3.64. The lowest BCUT2D eigenvalue weighted by Gasteiger charge is -2.20. The van der Waals surface area contributed by atoms with Gasteiger partial charge in [-0.15, -0.1) is 0 Å². The van der Waals surface area contributed by atoms with Crippen molar-refractivity contribution in [2.45, 2.75) is 13.0 Å². The number of fused-ring (bicyclic) bond motifs is 1. The molecule has 1 aliphatic rings. The molecule has 4 heteroatoms. The van der Waals surface area contributed by atoms with Gasteiger partial charge in [-0.25, -0.2) is 9.18 Å². The summed E-state index contributed by atoms with van der Waals surface area (Å²) in [5.74, 6) is -1.43. The molecule has 102 valence electrons. The molecule has 0 unspecified atom stereocenters. The molecule has 2 aromatic rings. The SMILES string of the molecule is O=C(O)c1ccc(F)cc1CN1CCc2ccccc21. The van der Waals surface area contributed by atoms with Gasteiger partial charge in [-0.05, 0) is 41.8 Å². The van der Waals surface area contributed by atoms with E-state index in [2.05, 4.69) is 11.0 Å². The smallest absolute Gasteiger partial charge is 0.336 e. The zero-order valence-electron chi connectivity index (χ0n) is 10.8. The van der Waals surface area contributed by atoms with Crippen molar-refractivity contribution in [1.29, 1.82) is 0 Å². The number of carboxylic acids is 1. The van der Waals surface area contributed by atoms with Crippen LogP contribution in [0.3, 0.4) is 0 Å². The highest BCUT2D eigenvalue weighted by molar-refractivity contribution is 5.89. The molecule has 20 heavy (non-hydrogen) atoms. The minimum Gasteiger partial charge on any atom is -0.478 e. The Morgan fingerprint density at radius 3 is 2.85 bits per heavy atom. The fourth-order valence-corrected chi connectivity index (χ4v) is 2.68. The van der Waals surface area contributed by atoms with Gasteiger partial charge in [-0.3, -0.25) is 0 Å². The van der Waals surface area contributed by atoms with Crippen molar-refractivity contribution in [2.75, 3.05) is 11.4 Å². The summed E-state index contributed by atoms with van der Waals surface area (Å²) in [6.07, 6.45) is 0.938. The maximum absolute atomic E-state index is 13.4. The molecule has 0 saturated carbocycles. The molecule has 0 radical (unpaired) electrons. The van der Waals surface area contributed by atoms with Gasteiger partial charge < -0.3 is 10.0 Å². The minimum atomic E-state index is -1.02. The Hall–Kier alpha value is -2.36. The van der Waals surface area contributed by atoms with Crippen LogP contribution in [0.4, 0.5) is 10.1 Å². The first-order chi connectivity index (χ1) is 9.65. The summed E-state index contributed by atoms with van der Waals surface area (Å²) in [5.41, 5.74) is 3.03. The Balaban J connectivity index is 1.93. The van der Waals surface area contributed by atoms with Crippen molar-refractivity contribution in [1.82, 2.24) is 0 Å². The molecule has 1 heterocycles. The topological polar surface area (TPSA) is 40.5 Å². The van der Waals surface area contributed by atoms with Crippen LogP contribution in [0.25, 0.3) is 0 Å². The van der Waals surface area contributed by atoms with Crippen molar-refractivity contribution < 1.29 is 14.3 Å². The summed E-state index contributed by atoms with van der Waals surface area (Å²) < 4.78 is 13.4. The Labute approximate surface area is 116 Å². The molecule has 0 atom stereocenters. The van der Waals surface area contributed by atoms with Crippen LogP contribution >= 0.6 is 0 Å². The number of rotatable bonds is 3. The average Bonchev–Trinajstić information content (AvgIpc) is 2.82. The number of benzene rings is 2. The van der Waals surface area contributed by atoms with Gasteiger partial charge in [-0.1, -0.05) is 18.2 Å². The molecule has 0 saturated heterocycles. The fraction of sp³-hybridized carbons (Fsp3) is 0.188. The predicted molar refractivity (Wildman–Crippen MR) is 74.6 cm³/mol. The van der Waals surface area contributed by atoms with E-state index in [1.807, 2.05) is 18.2 Å². The number of carboxylic acid groups (broad SMARTS) is 1. The van der Waals surface area contributed by atoms with E-state index in [1.54, 1.807) is 0 Å². The van der Waals surface area contributed by atoms with Crippen LogP contribution < -0.4 is 4.90 Å². The van der Waals surface area contributed by atoms with Crippen molar-refractivity contribution in [3.8, 4) is 0 Å². The second-order valence-electron chi connectivity index (χ2n) is 4.91. The van der Waals surface area contributed by atoms with Gasteiger partial charge in [0, 0.05) is 18.8 Å². The van der Waals surface area contributed by atoms with Gasteiger partial charge in [0.15, 0.2) is 0 Å². The predicted octanol–water partition coefficient (Wildman–Crippen LogP) is 3.09. The number of anilines is 1. The van der Waals surface area contributed by atoms with Gasteiger partial charge in [-0.2, -0.15) is 0 Å². The zero-order chi connectivity index (χ0) is 14.1. The molecule has 2 aromatic carbocycles. The number of nitrogens with zero attached hydrogens (tertiary/aromatic N) is 1. The first-order valence-electron chi connectivity index (χ1n) is 6.50. The minimum absolute atomic E-state index is 0.163.